The topological polar surface area (TPSA) is 97.4 Å². The Kier molecular flexibility index (Phi) is 4.58. The Hall–Kier alpha value is -3.03. The first-order chi connectivity index (χ1) is 12.5. The van der Waals surface area contributed by atoms with E-state index in [2.05, 4.69) is 50.3 Å². The highest BCUT2D eigenvalue weighted by molar-refractivity contribution is 5.59. The maximum Gasteiger partial charge on any atom is 0.191 e. The summed E-state index contributed by atoms with van der Waals surface area (Å²) >= 11 is 0. The van der Waals surface area contributed by atoms with Crippen LogP contribution in [-0.4, -0.2) is 0 Å². The first kappa shape index (κ1) is 17.8. The van der Waals surface area contributed by atoms with Crippen LogP contribution in [0.1, 0.15) is 56.1 Å². The molecule has 2 atom stereocenters. The van der Waals surface area contributed by atoms with Gasteiger partial charge in [-0.25, -0.2) is 0 Å². The molecule has 4 nitrogen and oxygen atoms in total. The van der Waals surface area contributed by atoms with Gasteiger partial charge in [0, 0.05) is 5.92 Å². The van der Waals surface area contributed by atoms with Crippen molar-refractivity contribution >= 4 is 0 Å². The molecule has 2 aliphatic rings. The number of nitriles is 3. The minimum Gasteiger partial charge on any atom is -0.399 e. The van der Waals surface area contributed by atoms with Gasteiger partial charge in [-0.3, -0.25) is 0 Å². The lowest BCUT2D eigenvalue weighted by Crippen LogP contribution is -2.42. The summed E-state index contributed by atoms with van der Waals surface area (Å²) in [5, 5.41) is 29.6. The number of nitrogens with zero attached hydrogens (tertiary/aromatic N) is 3. The summed E-state index contributed by atoms with van der Waals surface area (Å²) in [7, 11) is 0. The predicted octanol–water partition coefficient (Wildman–Crippen LogP) is 4.40. The molecule has 0 saturated carbocycles. The van der Waals surface area contributed by atoms with Crippen LogP contribution < -0.4 is 5.73 Å². The van der Waals surface area contributed by atoms with Crippen molar-refractivity contribution in [3.05, 3.63) is 58.3 Å². The van der Waals surface area contributed by atoms with E-state index < -0.39 is 5.41 Å². The lowest BCUT2D eigenvalue weighted by Gasteiger charge is -2.43. The van der Waals surface area contributed by atoms with Crippen molar-refractivity contribution in [1.29, 1.82) is 15.8 Å². The fourth-order valence-corrected chi connectivity index (χ4v) is 4.34. The number of hydrogen-bond acceptors (Lipinski definition) is 4. The SMILES string of the molecule is CC(C)c1ccc([C@@H]2[C@H]3CCCC=C3C(C#N)=C(N)C2(C#N)C#N)cc1. The van der Waals surface area contributed by atoms with Gasteiger partial charge in [0.2, 0.25) is 0 Å². The summed E-state index contributed by atoms with van der Waals surface area (Å²) in [4.78, 5) is 0. The van der Waals surface area contributed by atoms with Crippen molar-refractivity contribution in [1.82, 2.24) is 0 Å². The molecule has 0 radical (unpaired) electrons. The zero-order valence-electron chi connectivity index (χ0n) is 15.2. The quantitative estimate of drug-likeness (QED) is 0.861. The van der Waals surface area contributed by atoms with Crippen LogP contribution >= 0.6 is 0 Å². The number of rotatable bonds is 2. The molecule has 0 saturated heterocycles. The third-order valence-electron chi connectivity index (χ3n) is 5.76. The van der Waals surface area contributed by atoms with Gasteiger partial charge in [-0.15, -0.1) is 0 Å². The van der Waals surface area contributed by atoms with Gasteiger partial charge in [0.25, 0.3) is 0 Å². The number of hydrogen-bond donors (Lipinski definition) is 1. The van der Waals surface area contributed by atoms with Gasteiger partial charge < -0.3 is 5.73 Å². The smallest absolute Gasteiger partial charge is 0.191 e. The normalized spacial score (nSPS) is 24.1. The Labute approximate surface area is 154 Å². The van der Waals surface area contributed by atoms with E-state index in [0.717, 1.165) is 30.4 Å². The largest absolute Gasteiger partial charge is 0.399 e. The molecule has 4 heteroatoms. The monoisotopic (exact) mass is 342 g/mol. The molecule has 1 aromatic carbocycles. The summed E-state index contributed by atoms with van der Waals surface area (Å²) in [5.74, 6) is 0.0182. The van der Waals surface area contributed by atoms with Gasteiger partial charge in [-0.2, -0.15) is 15.8 Å². The molecule has 2 N–H and O–H groups in total. The zero-order valence-corrected chi connectivity index (χ0v) is 15.2. The molecular weight excluding hydrogens is 320 g/mol. The highest BCUT2D eigenvalue weighted by Crippen LogP contribution is 2.55. The molecular formula is C22H22N4. The van der Waals surface area contributed by atoms with Gasteiger partial charge in [-0.1, -0.05) is 44.2 Å². The van der Waals surface area contributed by atoms with Crippen LogP contribution in [0.25, 0.3) is 0 Å². The van der Waals surface area contributed by atoms with E-state index in [1.165, 1.54) is 5.56 Å². The standard InChI is InChI=1S/C22H22N4/c1-14(2)15-7-9-16(10-8-15)20-18-6-4-3-5-17(18)19(11-23)21(26)22(20,12-24)13-25/h5,7-10,14,18,20H,3-4,6,26H2,1-2H3/t18-,20+/m0/s1. The zero-order chi connectivity index (χ0) is 18.9. The third-order valence-corrected chi connectivity index (χ3v) is 5.76. The van der Waals surface area contributed by atoms with Gasteiger partial charge in [0.05, 0.1) is 23.4 Å². The van der Waals surface area contributed by atoms with Crippen molar-refractivity contribution in [3.8, 4) is 18.2 Å². The molecule has 3 rings (SSSR count). The fraction of sp³-hybridized carbons (Fsp3) is 0.409. The molecule has 0 bridgehead atoms. The molecule has 0 amide bonds. The summed E-state index contributed by atoms with van der Waals surface area (Å²) in [5.41, 5.74) is 8.26. The van der Waals surface area contributed by atoms with Crippen LogP contribution in [0, 0.1) is 45.3 Å². The molecule has 0 unspecified atom stereocenters. The number of nitrogens with two attached hydrogens (primary N) is 1. The molecule has 130 valence electrons. The van der Waals surface area contributed by atoms with Crippen molar-refractivity contribution in [3.63, 3.8) is 0 Å². The highest BCUT2D eigenvalue weighted by Gasteiger charge is 2.53. The molecule has 26 heavy (non-hydrogen) atoms. The van der Waals surface area contributed by atoms with Crippen molar-refractivity contribution in [2.45, 2.75) is 44.9 Å². The second kappa shape index (κ2) is 6.70. The average Bonchev–Trinajstić information content (AvgIpc) is 2.67. The predicted molar refractivity (Wildman–Crippen MR) is 99.2 cm³/mol. The Balaban J connectivity index is 2.25. The average molecular weight is 342 g/mol. The van der Waals surface area contributed by atoms with Gasteiger partial charge in [0.1, 0.15) is 6.07 Å². The molecule has 2 aliphatic carbocycles. The Bertz CT molecular complexity index is 883. The summed E-state index contributed by atoms with van der Waals surface area (Å²) in [6, 6.07) is 14.7. The van der Waals surface area contributed by atoms with Crippen LogP contribution in [-0.2, 0) is 0 Å². The lowest BCUT2D eigenvalue weighted by atomic mass is 9.56. The number of fused-ring (bicyclic) bond motifs is 1. The minimum atomic E-state index is -1.51. The first-order valence-electron chi connectivity index (χ1n) is 9.03. The van der Waals surface area contributed by atoms with E-state index in [-0.39, 0.29) is 17.5 Å². The third kappa shape index (κ3) is 2.49. The van der Waals surface area contributed by atoms with E-state index in [0.29, 0.717) is 11.5 Å². The summed E-state index contributed by atoms with van der Waals surface area (Å²) in [6.07, 6.45) is 4.80. The van der Waals surface area contributed by atoms with Crippen molar-refractivity contribution in [2.75, 3.05) is 0 Å². The van der Waals surface area contributed by atoms with Gasteiger partial charge >= 0.3 is 0 Å². The van der Waals surface area contributed by atoms with E-state index in [9.17, 15) is 15.8 Å². The van der Waals surface area contributed by atoms with E-state index >= 15 is 0 Å². The second-order valence-electron chi connectivity index (χ2n) is 7.43. The van der Waals surface area contributed by atoms with Crippen LogP contribution in [0.4, 0.5) is 0 Å². The molecule has 0 spiro atoms. The first-order valence-corrected chi connectivity index (χ1v) is 9.03. The molecule has 0 aromatic heterocycles. The lowest BCUT2D eigenvalue weighted by molar-refractivity contribution is 0.317. The second-order valence-corrected chi connectivity index (χ2v) is 7.43. The van der Waals surface area contributed by atoms with Crippen molar-refractivity contribution in [2.24, 2.45) is 17.1 Å². The minimum absolute atomic E-state index is 0.0325. The van der Waals surface area contributed by atoms with E-state index in [1.54, 1.807) is 0 Å². The Morgan fingerprint density at radius 2 is 1.77 bits per heavy atom. The van der Waals surface area contributed by atoms with Gasteiger partial charge in [-0.05, 0) is 47.8 Å². The Morgan fingerprint density at radius 1 is 1.12 bits per heavy atom. The van der Waals surface area contributed by atoms with Crippen LogP contribution in [0.3, 0.4) is 0 Å². The number of allylic oxidation sites excluding steroid dienone is 4. The molecule has 0 fully saturated rings. The highest BCUT2D eigenvalue weighted by atomic mass is 14.7. The molecule has 0 aliphatic heterocycles. The van der Waals surface area contributed by atoms with Crippen LogP contribution in [0.5, 0.6) is 0 Å². The summed E-state index contributed by atoms with van der Waals surface area (Å²) < 4.78 is 0. The molecule has 0 heterocycles. The molecule has 1 aromatic rings. The maximum absolute atomic E-state index is 9.97. The van der Waals surface area contributed by atoms with Crippen molar-refractivity contribution < 1.29 is 0 Å². The Morgan fingerprint density at radius 3 is 2.31 bits per heavy atom. The fourth-order valence-electron chi connectivity index (χ4n) is 4.34. The maximum atomic E-state index is 9.97. The van der Waals surface area contributed by atoms with E-state index in [4.69, 9.17) is 5.73 Å². The number of benzene rings is 1. The summed E-state index contributed by atoms with van der Waals surface area (Å²) in [6.45, 7) is 4.26. The van der Waals surface area contributed by atoms with Gasteiger partial charge in [0.15, 0.2) is 5.41 Å². The van der Waals surface area contributed by atoms with Crippen LogP contribution in [0.2, 0.25) is 0 Å². The van der Waals surface area contributed by atoms with Crippen LogP contribution in [0.15, 0.2) is 47.2 Å². The van der Waals surface area contributed by atoms with E-state index in [1.807, 2.05) is 12.1 Å².